The van der Waals surface area contributed by atoms with Gasteiger partial charge in [-0.1, -0.05) is 6.07 Å². The lowest BCUT2D eigenvalue weighted by atomic mass is 9.80. The molecule has 1 atom stereocenters. The Kier molecular flexibility index (Phi) is 7.97. The van der Waals surface area contributed by atoms with Crippen LogP contribution in [0.15, 0.2) is 43.1 Å². The van der Waals surface area contributed by atoms with E-state index >= 15 is 0 Å². The third kappa shape index (κ3) is 6.86. The molecule has 1 N–H and O–H groups in total. The van der Waals surface area contributed by atoms with Crippen molar-refractivity contribution in [1.82, 2.24) is 19.9 Å². The Morgan fingerprint density at radius 3 is 2.59 bits per heavy atom. The smallest absolute Gasteiger partial charge is 0.475 e. The summed E-state index contributed by atoms with van der Waals surface area (Å²) in [7, 11) is 0. The number of carboxylic acids is 1. The van der Waals surface area contributed by atoms with Crippen molar-refractivity contribution in [2.24, 2.45) is 5.41 Å². The molecule has 2 saturated heterocycles. The molecular weight excluding hydrogens is 427 g/mol. The number of nitrogens with zero attached hydrogens (tertiary/aromatic N) is 5. The molecule has 8 nitrogen and oxygen atoms in total. The first-order valence-electron chi connectivity index (χ1n) is 10.3. The SMILES string of the molecule is O=C(O)C(F)(F)F.c1cncc(CN2CCCC3(COCCN(c4cnccn4)C3)C2)c1. The average Bonchev–Trinajstić information content (AvgIpc) is 2.97. The van der Waals surface area contributed by atoms with E-state index < -0.39 is 12.1 Å². The lowest BCUT2D eigenvalue weighted by molar-refractivity contribution is -0.192. The summed E-state index contributed by atoms with van der Waals surface area (Å²) in [5.74, 6) is -1.80. The summed E-state index contributed by atoms with van der Waals surface area (Å²) in [6.07, 6.45) is 6.48. The van der Waals surface area contributed by atoms with Gasteiger partial charge in [0.1, 0.15) is 5.82 Å². The highest BCUT2D eigenvalue weighted by Gasteiger charge is 2.39. The fourth-order valence-electron chi connectivity index (χ4n) is 4.08. The number of carbonyl (C=O) groups is 1. The summed E-state index contributed by atoms with van der Waals surface area (Å²) in [6, 6.07) is 4.17. The molecule has 11 heteroatoms. The van der Waals surface area contributed by atoms with Crippen molar-refractivity contribution in [2.45, 2.75) is 25.6 Å². The van der Waals surface area contributed by atoms with Crippen LogP contribution in [-0.4, -0.2) is 76.5 Å². The highest BCUT2D eigenvalue weighted by atomic mass is 19.4. The van der Waals surface area contributed by atoms with Crippen molar-refractivity contribution in [3.8, 4) is 0 Å². The number of likely N-dealkylation sites (tertiary alicyclic amines) is 1. The Labute approximate surface area is 184 Å². The molecule has 0 aliphatic carbocycles. The predicted octanol–water partition coefficient (Wildman–Crippen LogP) is 2.62. The van der Waals surface area contributed by atoms with Crippen LogP contribution in [0.4, 0.5) is 19.0 Å². The number of anilines is 1. The summed E-state index contributed by atoms with van der Waals surface area (Å²) in [5.41, 5.74) is 1.44. The molecule has 1 unspecified atom stereocenters. The summed E-state index contributed by atoms with van der Waals surface area (Å²) < 4.78 is 37.7. The van der Waals surface area contributed by atoms with Crippen molar-refractivity contribution >= 4 is 11.8 Å². The second-order valence-electron chi connectivity index (χ2n) is 8.02. The zero-order valence-electron chi connectivity index (χ0n) is 17.5. The average molecular weight is 453 g/mol. The first-order valence-corrected chi connectivity index (χ1v) is 10.3. The molecule has 0 amide bonds. The minimum absolute atomic E-state index is 0.161. The van der Waals surface area contributed by atoms with Crippen LogP contribution in [-0.2, 0) is 16.1 Å². The molecule has 0 saturated carbocycles. The van der Waals surface area contributed by atoms with Gasteiger partial charge >= 0.3 is 12.1 Å². The number of rotatable bonds is 3. The second kappa shape index (κ2) is 10.7. The fraction of sp³-hybridized carbons (Fsp3) is 0.524. The van der Waals surface area contributed by atoms with Gasteiger partial charge < -0.3 is 14.7 Å². The van der Waals surface area contributed by atoms with Gasteiger partial charge in [-0.05, 0) is 31.0 Å². The summed E-state index contributed by atoms with van der Waals surface area (Å²) in [5, 5.41) is 7.12. The van der Waals surface area contributed by atoms with Crippen LogP contribution >= 0.6 is 0 Å². The molecule has 1 spiro atoms. The van der Waals surface area contributed by atoms with E-state index in [1.54, 1.807) is 12.4 Å². The van der Waals surface area contributed by atoms with Crippen LogP contribution in [0.1, 0.15) is 18.4 Å². The van der Waals surface area contributed by atoms with Crippen molar-refractivity contribution in [3.05, 3.63) is 48.7 Å². The van der Waals surface area contributed by atoms with E-state index in [1.807, 2.05) is 24.7 Å². The quantitative estimate of drug-likeness (QED) is 0.759. The van der Waals surface area contributed by atoms with Crippen LogP contribution in [0, 0.1) is 5.41 Å². The first-order chi connectivity index (χ1) is 15.3. The molecule has 32 heavy (non-hydrogen) atoms. The van der Waals surface area contributed by atoms with Gasteiger partial charge in [-0.15, -0.1) is 0 Å². The highest BCUT2D eigenvalue weighted by Crippen LogP contribution is 2.34. The maximum absolute atomic E-state index is 10.6. The van der Waals surface area contributed by atoms with Crippen LogP contribution in [0.5, 0.6) is 0 Å². The van der Waals surface area contributed by atoms with E-state index in [-0.39, 0.29) is 5.41 Å². The number of piperidine rings is 1. The normalized spacial score (nSPS) is 22.0. The number of hydrogen-bond donors (Lipinski definition) is 1. The molecular formula is C21H26F3N5O3. The Hall–Kier alpha value is -2.79. The number of carboxylic acid groups (broad SMARTS) is 1. The molecule has 0 radical (unpaired) electrons. The minimum Gasteiger partial charge on any atom is -0.475 e. The van der Waals surface area contributed by atoms with Crippen LogP contribution in [0.25, 0.3) is 0 Å². The molecule has 0 aromatic carbocycles. The topological polar surface area (TPSA) is 91.7 Å². The Morgan fingerprint density at radius 1 is 1.16 bits per heavy atom. The number of pyridine rings is 1. The van der Waals surface area contributed by atoms with Gasteiger partial charge in [0.25, 0.3) is 0 Å². The molecule has 2 aliphatic rings. The minimum atomic E-state index is -5.08. The third-order valence-electron chi connectivity index (χ3n) is 5.43. The zero-order valence-corrected chi connectivity index (χ0v) is 17.5. The van der Waals surface area contributed by atoms with Gasteiger partial charge in [-0.25, -0.2) is 9.78 Å². The van der Waals surface area contributed by atoms with Crippen molar-refractivity contribution in [3.63, 3.8) is 0 Å². The molecule has 4 rings (SSSR count). The molecule has 174 valence electrons. The van der Waals surface area contributed by atoms with Gasteiger partial charge in [0, 0.05) is 56.4 Å². The van der Waals surface area contributed by atoms with Crippen LogP contribution < -0.4 is 4.90 Å². The van der Waals surface area contributed by atoms with E-state index in [1.165, 1.54) is 18.4 Å². The van der Waals surface area contributed by atoms with E-state index in [0.29, 0.717) is 0 Å². The predicted molar refractivity (Wildman–Crippen MR) is 110 cm³/mol. The summed E-state index contributed by atoms with van der Waals surface area (Å²) in [6.45, 7) is 6.59. The highest BCUT2D eigenvalue weighted by molar-refractivity contribution is 5.73. The van der Waals surface area contributed by atoms with Gasteiger partial charge in [0.15, 0.2) is 0 Å². The van der Waals surface area contributed by atoms with Crippen molar-refractivity contribution in [1.29, 1.82) is 0 Å². The zero-order chi connectivity index (χ0) is 23.0. The van der Waals surface area contributed by atoms with Gasteiger partial charge in [-0.3, -0.25) is 14.9 Å². The Balaban J connectivity index is 0.000000360. The largest absolute Gasteiger partial charge is 0.490 e. The number of hydrogen-bond acceptors (Lipinski definition) is 7. The number of aromatic nitrogens is 3. The maximum Gasteiger partial charge on any atom is 0.490 e. The monoisotopic (exact) mass is 453 g/mol. The molecule has 2 fully saturated rings. The number of halogens is 3. The van der Waals surface area contributed by atoms with Gasteiger partial charge in [0.2, 0.25) is 0 Å². The number of aliphatic carboxylic acids is 1. The molecule has 4 heterocycles. The molecule has 2 aromatic rings. The van der Waals surface area contributed by atoms with E-state index in [9.17, 15) is 13.2 Å². The molecule has 0 bridgehead atoms. The second-order valence-corrected chi connectivity index (χ2v) is 8.02. The number of alkyl halides is 3. The van der Waals surface area contributed by atoms with Crippen LogP contribution in [0.2, 0.25) is 0 Å². The van der Waals surface area contributed by atoms with Gasteiger partial charge in [-0.2, -0.15) is 13.2 Å². The third-order valence-corrected chi connectivity index (χ3v) is 5.43. The van der Waals surface area contributed by atoms with Crippen LogP contribution in [0.3, 0.4) is 0 Å². The Morgan fingerprint density at radius 2 is 1.94 bits per heavy atom. The maximum atomic E-state index is 10.6. The lowest BCUT2D eigenvalue weighted by Crippen LogP contribution is -2.50. The summed E-state index contributed by atoms with van der Waals surface area (Å²) in [4.78, 5) is 26.8. The van der Waals surface area contributed by atoms with Crippen molar-refractivity contribution in [2.75, 3.05) is 44.3 Å². The molecule has 2 aromatic heterocycles. The van der Waals surface area contributed by atoms with E-state index in [2.05, 4.69) is 30.8 Å². The van der Waals surface area contributed by atoms with E-state index in [0.717, 1.165) is 51.8 Å². The standard InChI is InChI=1S/C19H25N5O.C2HF3O2/c1-3-17(11-20-5-1)13-23-8-2-4-19(14-23)15-24(9-10-25-16-19)18-12-21-6-7-22-18;3-2(4,5)1(6)7/h1,3,5-7,11-12H,2,4,8-10,13-16H2;(H,6,7). The Bertz CT molecular complexity index is 857. The van der Waals surface area contributed by atoms with Crippen molar-refractivity contribution < 1.29 is 27.8 Å². The fourth-order valence-corrected chi connectivity index (χ4v) is 4.08. The van der Waals surface area contributed by atoms with Gasteiger partial charge in [0.05, 0.1) is 19.4 Å². The first kappa shape index (κ1) is 23.9. The lowest BCUT2D eigenvalue weighted by Gasteiger charge is -2.43. The molecule has 2 aliphatic heterocycles. The number of ether oxygens (including phenoxy) is 1. The summed E-state index contributed by atoms with van der Waals surface area (Å²) >= 11 is 0. The van der Waals surface area contributed by atoms with E-state index in [4.69, 9.17) is 14.6 Å².